The van der Waals surface area contributed by atoms with Gasteiger partial charge in [-0.2, -0.15) is 0 Å². The Bertz CT molecular complexity index is 141. The summed E-state index contributed by atoms with van der Waals surface area (Å²) in [5.74, 6) is 0.919. The number of hydrogen-bond acceptors (Lipinski definition) is 2. The Kier molecular flexibility index (Phi) is 4.29. The Morgan fingerprint density at radius 1 is 1.33 bits per heavy atom. The van der Waals surface area contributed by atoms with Crippen molar-refractivity contribution < 1.29 is 9.53 Å². The lowest BCUT2D eigenvalue weighted by molar-refractivity contribution is -0.148. The monoisotopic (exact) mass is 172 g/mol. The molecule has 1 unspecified atom stereocenters. The van der Waals surface area contributed by atoms with Crippen LogP contribution < -0.4 is 0 Å². The predicted octanol–water partition coefficient (Wildman–Crippen LogP) is 2.62. The van der Waals surface area contributed by atoms with Crippen LogP contribution in [0, 0.1) is 11.8 Å². The van der Waals surface area contributed by atoms with Crippen molar-refractivity contribution in [2.75, 3.05) is 0 Å². The third-order valence-electron chi connectivity index (χ3n) is 2.35. The van der Waals surface area contributed by atoms with Crippen LogP contribution in [0.15, 0.2) is 0 Å². The Morgan fingerprint density at radius 2 is 1.83 bits per heavy atom. The first kappa shape index (κ1) is 11.5. The zero-order chi connectivity index (χ0) is 9.78. The Labute approximate surface area is 75.3 Å². The summed E-state index contributed by atoms with van der Waals surface area (Å²) in [5.41, 5.74) is -0.296. The van der Waals surface area contributed by atoms with E-state index in [0.29, 0.717) is 18.3 Å². The van der Waals surface area contributed by atoms with Crippen LogP contribution in [0.25, 0.3) is 0 Å². The lowest BCUT2D eigenvalue weighted by Crippen LogP contribution is -2.36. The quantitative estimate of drug-likeness (QED) is 0.596. The SMILES string of the molecule is CC(C)CC(C)(OC=O)C(C)C. The van der Waals surface area contributed by atoms with Gasteiger partial charge in [0, 0.05) is 0 Å². The van der Waals surface area contributed by atoms with Gasteiger partial charge >= 0.3 is 0 Å². The number of carbonyl (C=O) groups excluding carboxylic acids is 1. The van der Waals surface area contributed by atoms with Crippen molar-refractivity contribution in [1.82, 2.24) is 0 Å². The van der Waals surface area contributed by atoms with E-state index >= 15 is 0 Å². The standard InChI is InChI=1S/C10H20O2/c1-8(2)6-10(5,9(3)4)12-7-11/h7-9H,6H2,1-5H3. The molecule has 0 aliphatic rings. The summed E-state index contributed by atoms with van der Waals surface area (Å²) in [6.07, 6.45) is 0.920. The van der Waals surface area contributed by atoms with Crippen molar-refractivity contribution in [3.8, 4) is 0 Å². The van der Waals surface area contributed by atoms with E-state index < -0.39 is 0 Å². The van der Waals surface area contributed by atoms with Crippen LogP contribution in [0.5, 0.6) is 0 Å². The van der Waals surface area contributed by atoms with Gasteiger partial charge in [0.25, 0.3) is 6.47 Å². The minimum absolute atomic E-state index is 0.296. The summed E-state index contributed by atoms with van der Waals surface area (Å²) in [6.45, 7) is 11.0. The molecule has 0 radical (unpaired) electrons. The van der Waals surface area contributed by atoms with Crippen molar-refractivity contribution in [1.29, 1.82) is 0 Å². The molecule has 0 aromatic carbocycles. The molecule has 12 heavy (non-hydrogen) atoms. The van der Waals surface area contributed by atoms with E-state index in [-0.39, 0.29) is 5.60 Å². The van der Waals surface area contributed by atoms with Crippen LogP contribution in [0.4, 0.5) is 0 Å². The summed E-state index contributed by atoms with van der Waals surface area (Å²) < 4.78 is 5.12. The minimum atomic E-state index is -0.296. The predicted molar refractivity (Wildman–Crippen MR) is 49.8 cm³/mol. The molecule has 0 rings (SSSR count). The molecule has 0 saturated carbocycles. The molecular formula is C10H20O2. The fraction of sp³-hybridized carbons (Fsp3) is 0.900. The van der Waals surface area contributed by atoms with Crippen LogP contribution in [-0.2, 0) is 9.53 Å². The van der Waals surface area contributed by atoms with Gasteiger partial charge in [0.1, 0.15) is 5.60 Å². The average Bonchev–Trinajstić information content (AvgIpc) is 1.85. The van der Waals surface area contributed by atoms with E-state index in [0.717, 1.165) is 6.42 Å². The second-order valence-electron chi connectivity index (χ2n) is 4.28. The molecule has 0 fully saturated rings. The lowest BCUT2D eigenvalue weighted by atomic mass is 9.84. The van der Waals surface area contributed by atoms with Gasteiger partial charge < -0.3 is 4.74 Å². The van der Waals surface area contributed by atoms with Crippen LogP contribution in [-0.4, -0.2) is 12.1 Å². The number of ether oxygens (including phenoxy) is 1. The molecule has 0 bridgehead atoms. The number of hydrogen-bond donors (Lipinski definition) is 0. The summed E-state index contributed by atoms with van der Waals surface area (Å²) in [7, 11) is 0. The molecule has 0 aliphatic heterocycles. The molecule has 0 aromatic heterocycles. The van der Waals surface area contributed by atoms with E-state index in [1.165, 1.54) is 0 Å². The summed E-state index contributed by atoms with van der Waals surface area (Å²) in [5, 5.41) is 0. The molecule has 0 N–H and O–H groups in total. The van der Waals surface area contributed by atoms with E-state index in [1.807, 2.05) is 6.92 Å². The number of carbonyl (C=O) groups is 1. The first-order chi connectivity index (χ1) is 5.42. The average molecular weight is 172 g/mol. The number of rotatable bonds is 5. The second kappa shape index (κ2) is 4.48. The molecule has 0 spiro atoms. The van der Waals surface area contributed by atoms with Gasteiger partial charge in [-0.1, -0.05) is 27.7 Å². The minimum Gasteiger partial charge on any atom is -0.461 e. The maximum atomic E-state index is 10.3. The second-order valence-corrected chi connectivity index (χ2v) is 4.28. The van der Waals surface area contributed by atoms with Crippen LogP contribution >= 0.6 is 0 Å². The van der Waals surface area contributed by atoms with Gasteiger partial charge in [-0.25, -0.2) is 0 Å². The molecule has 0 amide bonds. The third kappa shape index (κ3) is 3.24. The van der Waals surface area contributed by atoms with Crippen molar-refractivity contribution >= 4 is 6.47 Å². The molecule has 2 heteroatoms. The maximum absolute atomic E-state index is 10.3. The zero-order valence-corrected chi connectivity index (χ0v) is 8.76. The highest BCUT2D eigenvalue weighted by atomic mass is 16.5. The van der Waals surface area contributed by atoms with Crippen molar-refractivity contribution in [2.45, 2.75) is 46.6 Å². The van der Waals surface area contributed by atoms with Crippen molar-refractivity contribution in [2.24, 2.45) is 11.8 Å². The first-order valence-corrected chi connectivity index (χ1v) is 4.54. The van der Waals surface area contributed by atoms with Crippen molar-refractivity contribution in [3.05, 3.63) is 0 Å². The zero-order valence-electron chi connectivity index (χ0n) is 8.76. The van der Waals surface area contributed by atoms with Gasteiger partial charge in [-0.05, 0) is 25.2 Å². The fourth-order valence-corrected chi connectivity index (χ4v) is 1.34. The normalized spacial score (nSPS) is 16.2. The van der Waals surface area contributed by atoms with Gasteiger partial charge in [-0.3, -0.25) is 4.79 Å². The molecule has 0 aromatic rings. The van der Waals surface area contributed by atoms with Crippen LogP contribution in [0.3, 0.4) is 0 Å². The molecule has 1 atom stereocenters. The Balaban J connectivity index is 4.27. The highest BCUT2D eigenvalue weighted by molar-refractivity contribution is 5.38. The Morgan fingerprint density at radius 3 is 2.08 bits per heavy atom. The highest BCUT2D eigenvalue weighted by Crippen LogP contribution is 2.28. The highest BCUT2D eigenvalue weighted by Gasteiger charge is 2.30. The molecule has 0 saturated heterocycles. The molecule has 0 heterocycles. The molecule has 0 aliphatic carbocycles. The van der Waals surface area contributed by atoms with Crippen LogP contribution in [0.1, 0.15) is 41.0 Å². The van der Waals surface area contributed by atoms with E-state index in [4.69, 9.17) is 4.74 Å². The first-order valence-electron chi connectivity index (χ1n) is 4.54. The summed E-state index contributed by atoms with van der Waals surface area (Å²) in [4.78, 5) is 10.3. The molecule has 2 nitrogen and oxygen atoms in total. The van der Waals surface area contributed by atoms with E-state index in [1.54, 1.807) is 0 Å². The smallest absolute Gasteiger partial charge is 0.293 e. The lowest BCUT2D eigenvalue weighted by Gasteiger charge is -2.33. The van der Waals surface area contributed by atoms with Gasteiger partial charge in [0.2, 0.25) is 0 Å². The van der Waals surface area contributed by atoms with Gasteiger partial charge in [0.15, 0.2) is 0 Å². The molecular weight excluding hydrogens is 152 g/mol. The van der Waals surface area contributed by atoms with Crippen molar-refractivity contribution in [3.63, 3.8) is 0 Å². The van der Waals surface area contributed by atoms with E-state index in [9.17, 15) is 4.79 Å². The molecule has 72 valence electrons. The maximum Gasteiger partial charge on any atom is 0.293 e. The summed E-state index contributed by atoms with van der Waals surface area (Å²) in [6, 6.07) is 0. The van der Waals surface area contributed by atoms with Gasteiger partial charge in [-0.15, -0.1) is 0 Å². The largest absolute Gasteiger partial charge is 0.461 e. The van der Waals surface area contributed by atoms with Gasteiger partial charge in [0.05, 0.1) is 0 Å². The third-order valence-corrected chi connectivity index (χ3v) is 2.35. The van der Waals surface area contributed by atoms with E-state index in [2.05, 4.69) is 27.7 Å². The Hall–Kier alpha value is -0.530. The fourth-order valence-electron chi connectivity index (χ4n) is 1.34. The van der Waals surface area contributed by atoms with Crippen LogP contribution in [0.2, 0.25) is 0 Å². The topological polar surface area (TPSA) is 26.3 Å². The summed E-state index contributed by atoms with van der Waals surface area (Å²) >= 11 is 0.